The summed E-state index contributed by atoms with van der Waals surface area (Å²) in [6, 6.07) is 0. The summed E-state index contributed by atoms with van der Waals surface area (Å²) in [6.45, 7) is 5.55. The first kappa shape index (κ1) is 19.0. The number of aromatic nitrogens is 2. The van der Waals surface area contributed by atoms with Crippen LogP contribution >= 0.6 is 0 Å². The van der Waals surface area contributed by atoms with Gasteiger partial charge in [0.15, 0.2) is 6.79 Å². The molecule has 0 radical (unpaired) electrons. The largest absolute Gasteiger partial charge is 0.725 e. The Morgan fingerprint density at radius 1 is 1.25 bits per heavy atom. The summed E-state index contributed by atoms with van der Waals surface area (Å²) >= 11 is 0. The maximum Gasteiger partial charge on any atom is 0.243 e. The van der Waals surface area contributed by atoms with Gasteiger partial charge in [0.05, 0.1) is 26.8 Å². The molecule has 118 valence electrons. The zero-order valence-corrected chi connectivity index (χ0v) is 12.8. The second-order valence-electron chi connectivity index (χ2n) is 3.66. The number of imidazole rings is 1. The molecule has 9 heteroatoms. The molecule has 0 N–H and O–H groups in total. The van der Waals surface area contributed by atoms with Crippen LogP contribution in [0.3, 0.4) is 0 Å². The van der Waals surface area contributed by atoms with Gasteiger partial charge in [0.1, 0.15) is 12.4 Å². The van der Waals surface area contributed by atoms with E-state index in [0.29, 0.717) is 13.2 Å². The van der Waals surface area contributed by atoms with E-state index in [9.17, 15) is 13.0 Å². The molecule has 8 nitrogen and oxygen atoms in total. The summed E-state index contributed by atoms with van der Waals surface area (Å²) in [5, 5.41) is 0. The van der Waals surface area contributed by atoms with Crippen LogP contribution in [-0.4, -0.2) is 44.2 Å². The Kier molecular flexibility index (Phi) is 10.2. The van der Waals surface area contributed by atoms with Gasteiger partial charge < -0.3 is 14.0 Å². The molecule has 0 aliphatic heterocycles. The Morgan fingerprint density at radius 3 is 2.30 bits per heavy atom. The maximum absolute atomic E-state index is 9.83. The standard InChI is InChI=1S/C6H11N2.C5H12O6S/c1-3-8-5-4-7(2)6-8;1-2-9-3-4-10-5-11-12(6,7)8/h4-6H,3H2,1-2H3;2-5H2,1H3,(H,6,7,8)/q+1;/p-1. The molecule has 0 bridgehead atoms. The molecular weight excluding hydrogens is 288 g/mol. The highest BCUT2D eigenvalue weighted by Crippen LogP contribution is 1.86. The third-order valence-electron chi connectivity index (χ3n) is 2.04. The maximum atomic E-state index is 9.83. The molecule has 1 rings (SSSR count). The molecule has 0 aliphatic carbocycles. The molecule has 0 fully saturated rings. The summed E-state index contributed by atoms with van der Waals surface area (Å²) < 4.78 is 46.8. The fourth-order valence-corrected chi connectivity index (χ4v) is 1.29. The third kappa shape index (κ3) is 12.1. The van der Waals surface area contributed by atoms with Crippen molar-refractivity contribution in [3.05, 3.63) is 18.7 Å². The van der Waals surface area contributed by atoms with E-state index in [2.05, 4.69) is 32.9 Å². The second kappa shape index (κ2) is 10.7. The first-order chi connectivity index (χ1) is 9.39. The van der Waals surface area contributed by atoms with Gasteiger partial charge in [-0.05, 0) is 13.8 Å². The van der Waals surface area contributed by atoms with Gasteiger partial charge in [-0.15, -0.1) is 0 Å². The van der Waals surface area contributed by atoms with E-state index in [-0.39, 0.29) is 6.61 Å². The van der Waals surface area contributed by atoms with E-state index in [4.69, 9.17) is 4.74 Å². The third-order valence-corrected chi connectivity index (χ3v) is 2.43. The summed E-state index contributed by atoms with van der Waals surface area (Å²) in [6.07, 6.45) is 6.14. The van der Waals surface area contributed by atoms with Crippen molar-refractivity contribution in [1.29, 1.82) is 0 Å². The first-order valence-electron chi connectivity index (χ1n) is 6.15. The lowest BCUT2D eigenvalue weighted by Gasteiger charge is -2.07. The van der Waals surface area contributed by atoms with Crippen molar-refractivity contribution in [3.63, 3.8) is 0 Å². The molecule has 1 heterocycles. The lowest BCUT2D eigenvalue weighted by molar-refractivity contribution is -0.671. The SMILES string of the molecule is CCOCCOCOS(=O)(=O)[O-].CCn1cc[n+](C)c1. The van der Waals surface area contributed by atoms with Gasteiger partial charge in [-0.2, -0.15) is 0 Å². The Balaban J connectivity index is 0.000000388. The molecule has 0 aliphatic rings. The summed E-state index contributed by atoms with van der Waals surface area (Å²) in [7, 11) is -2.61. The van der Waals surface area contributed by atoms with Crippen LogP contribution in [0.2, 0.25) is 0 Å². The molecule has 1 aromatic rings. The molecule has 0 saturated heterocycles. The van der Waals surface area contributed by atoms with Crippen LogP contribution < -0.4 is 4.57 Å². The Hall–Kier alpha value is -1.00. The fraction of sp³-hybridized carbons (Fsp3) is 0.727. The van der Waals surface area contributed by atoms with Crippen LogP contribution in [0.5, 0.6) is 0 Å². The smallest absolute Gasteiger partial charge is 0.243 e. The van der Waals surface area contributed by atoms with E-state index >= 15 is 0 Å². The van der Waals surface area contributed by atoms with Crippen LogP contribution in [-0.2, 0) is 37.6 Å². The van der Waals surface area contributed by atoms with Crippen molar-refractivity contribution in [2.24, 2.45) is 7.05 Å². The van der Waals surface area contributed by atoms with Gasteiger partial charge in [0.2, 0.25) is 16.7 Å². The van der Waals surface area contributed by atoms with E-state index < -0.39 is 17.2 Å². The van der Waals surface area contributed by atoms with Gasteiger partial charge in [0, 0.05) is 6.61 Å². The van der Waals surface area contributed by atoms with Gasteiger partial charge in [0.25, 0.3) is 0 Å². The van der Waals surface area contributed by atoms with E-state index in [0.717, 1.165) is 6.54 Å². The van der Waals surface area contributed by atoms with E-state index in [1.807, 2.05) is 24.7 Å². The minimum absolute atomic E-state index is 0.198. The monoisotopic (exact) mass is 310 g/mol. The van der Waals surface area contributed by atoms with Crippen molar-refractivity contribution >= 4 is 10.4 Å². The van der Waals surface area contributed by atoms with Gasteiger partial charge in [-0.25, -0.2) is 17.6 Å². The minimum Gasteiger partial charge on any atom is -0.725 e. The van der Waals surface area contributed by atoms with Gasteiger partial charge in [-0.3, -0.25) is 4.18 Å². The number of hydrogen-bond acceptors (Lipinski definition) is 6. The Morgan fingerprint density at radius 2 is 1.90 bits per heavy atom. The van der Waals surface area contributed by atoms with Crippen molar-refractivity contribution in [2.75, 3.05) is 26.6 Å². The van der Waals surface area contributed by atoms with Gasteiger partial charge >= 0.3 is 0 Å². The zero-order valence-electron chi connectivity index (χ0n) is 12.0. The lowest BCUT2D eigenvalue weighted by Crippen LogP contribution is -2.23. The highest BCUT2D eigenvalue weighted by molar-refractivity contribution is 7.80. The summed E-state index contributed by atoms with van der Waals surface area (Å²) in [4.78, 5) is 0. The van der Waals surface area contributed by atoms with Crippen LogP contribution in [0, 0.1) is 0 Å². The quantitative estimate of drug-likeness (QED) is 0.217. The number of aryl methyl sites for hydroxylation is 2. The molecule has 0 atom stereocenters. The normalized spacial score (nSPS) is 11.0. The van der Waals surface area contributed by atoms with E-state index in [1.54, 1.807) is 0 Å². The average molecular weight is 310 g/mol. The van der Waals surface area contributed by atoms with Crippen molar-refractivity contribution in [1.82, 2.24) is 4.57 Å². The lowest BCUT2D eigenvalue weighted by atomic mass is 10.7. The molecular formula is C11H22N2O6S. The van der Waals surface area contributed by atoms with Gasteiger partial charge in [-0.1, -0.05) is 0 Å². The Labute approximate surface area is 119 Å². The molecule has 1 aromatic heterocycles. The predicted octanol–water partition coefficient (Wildman–Crippen LogP) is -0.194. The predicted molar refractivity (Wildman–Crippen MR) is 69.4 cm³/mol. The van der Waals surface area contributed by atoms with E-state index in [1.165, 1.54) is 0 Å². The second-order valence-corrected chi connectivity index (χ2v) is 4.71. The van der Waals surface area contributed by atoms with Crippen LogP contribution in [0.25, 0.3) is 0 Å². The first-order valence-corrected chi connectivity index (χ1v) is 7.49. The highest BCUT2D eigenvalue weighted by atomic mass is 32.3. The van der Waals surface area contributed by atoms with Crippen LogP contribution in [0.15, 0.2) is 18.7 Å². The summed E-state index contributed by atoms with van der Waals surface area (Å²) in [5.74, 6) is 0. The van der Waals surface area contributed by atoms with Crippen molar-refractivity contribution in [2.45, 2.75) is 20.4 Å². The Bertz CT molecular complexity index is 446. The average Bonchev–Trinajstić information content (AvgIpc) is 2.79. The fourth-order valence-electron chi connectivity index (χ4n) is 1.10. The molecule has 0 saturated carbocycles. The highest BCUT2D eigenvalue weighted by Gasteiger charge is 1.93. The number of ether oxygens (including phenoxy) is 2. The zero-order chi connectivity index (χ0) is 15.4. The number of rotatable bonds is 8. The molecule has 20 heavy (non-hydrogen) atoms. The molecule has 0 spiro atoms. The van der Waals surface area contributed by atoms with Crippen LogP contribution in [0.1, 0.15) is 13.8 Å². The molecule has 0 aromatic carbocycles. The minimum atomic E-state index is -4.63. The van der Waals surface area contributed by atoms with Crippen molar-refractivity contribution < 1.29 is 31.2 Å². The summed E-state index contributed by atoms with van der Waals surface area (Å²) in [5.41, 5.74) is 0. The van der Waals surface area contributed by atoms with Crippen molar-refractivity contribution in [3.8, 4) is 0 Å². The molecule has 0 amide bonds. The molecule has 0 unspecified atom stereocenters. The number of hydrogen-bond donors (Lipinski definition) is 0. The van der Waals surface area contributed by atoms with Crippen LogP contribution in [0.4, 0.5) is 0 Å². The topological polar surface area (TPSA) is 93.7 Å². The number of nitrogens with zero attached hydrogens (tertiary/aromatic N) is 2.